The zero-order valence-electron chi connectivity index (χ0n) is 48.7. The van der Waals surface area contributed by atoms with E-state index >= 15 is 0 Å². The van der Waals surface area contributed by atoms with Crippen molar-refractivity contribution in [1.29, 1.82) is 0 Å². The Morgan fingerprint density at radius 1 is 0.628 bits per heavy atom. The van der Waals surface area contributed by atoms with Crippen molar-refractivity contribution >= 4 is 43.5 Å². The van der Waals surface area contributed by atoms with E-state index in [0.717, 1.165) is 49.9 Å². The number of aliphatic hydroxyl groups is 2. The van der Waals surface area contributed by atoms with E-state index < -0.39 is 52.4 Å². The molecule has 2 aromatic heterocycles. The van der Waals surface area contributed by atoms with Gasteiger partial charge >= 0.3 is 42.1 Å². The molecule has 2 aliphatic carbocycles. The van der Waals surface area contributed by atoms with Crippen LogP contribution >= 0.6 is 0 Å². The maximum Gasteiger partial charge on any atom is 1.00 e. The number of halogens is 4. The number of nitrogens with zero attached hydrogens (tertiary/aromatic N) is 8. The summed E-state index contributed by atoms with van der Waals surface area (Å²) in [5.41, 5.74) is 27.6. The number of ether oxygens (including phenoxy) is 4. The van der Waals surface area contributed by atoms with Crippen LogP contribution in [0.2, 0.25) is 0 Å². The van der Waals surface area contributed by atoms with Gasteiger partial charge in [0.1, 0.15) is 11.6 Å². The summed E-state index contributed by atoms with van der Waals surface area (Å²) in [5.74, 6) is -0.202. The third kappa shape index (κ3) is 14.2. The van der Waals surface area contributed by atoms with Gasteiger partial charge in [-0.25, -0.2) is 0 Å². The van der Waals surface area contributed by atoms with Crippen molar-refractivity contribution in [3.63, 3.8) is 0 Å². The van der Waals surface area contributed by atoms with Crippen molar-refractivity contribution in [3.05, 3.63) is 175 Å². The number of rotatable bonds is 18. The largest absolute Gasteiger partial charge is 1.00 e. The van der Waals surface area contributed by atoms with Gasteiger partial charge in [0.25, 0.3) is 10.1 Å². The van der Waals surface area contributed by atoms with Crippen molar-refractivity contribution in [2.24, 2.45) is 5.11 Å². The summed E-state index contributed by atoms with van der Waals surface area (Å²) in [6, 6.07) is 31.0. The molecule has 5 aromatic carbocycles. The molecule has 448 valence electrons. The summed E-state index contributed by atoms with van der Waals surface area (Å²) in [6.07, 6.45) is -6.46. The number of ketones is 2. The molecular formula is C61H63F4N8NaO11S. The van der Waals surface area contributed by atoms with E-state index in [4.69, 9.17) is 20.8 Å². The number of fused-ring (bicyclic) bond motifs is 4. The van der Waals surface area contributed by atoms with E-state index in [-0.39, 0.29) is 112 Å². The molecule has 0 saturated heterocycles. The third-order valence-electron chi connectivity index (χ3n) is 15.5. The van der Waals surface area contributed by atoms with Crippen LogP contribution in [0.1, 0.15) is 106 Å². The smallest absolute Gasteiger partial charge is 0.395 e. The third-order valence-corrected chi connectivity index (χ3v) is 16.8. The molecule has 0 bridgehead atoms. The summed E-state index contributed by atoms with van der Waals surface area (Å²) in [5, 5.41) is 26.6. The Kier molecular flexibility index (Phi) is 18.5. The zero-order chi connectivity index (χ0) is 61.7. The first-order chi connectivity index (χ1) is 39.9. The maximum atomic E-state index is 13.6. The minimum Gasteiger partial charge on any atom is -0.395 e. The van der Waals surface area contributed by atoms with Gasteiger partial charge in [-0.2, -0.15) is 8.42 Å². The Hall–Kier alpha value is -7.11. The van der Waals surface area contributed by atoms with Crippen LogP contribution in [0, 0.1) is 6.92 Å². The summed E-state index contributed by atoms with van der Waals surface area (Å²) < 4.78 is 107. The predicted octanol–water partition coefficient (Wildman–Crippen LogP) is 9.82. The Morgan fingerprint density at radius 3 is 1.43 bits per heavy atom. The number of azide groups is 1. The van der Waals surface area contributed by atoms with E-state index in [1.54, 1.807) is 24.3 Å². The predicted molar refractivity (Wildman–Crippen MR) is 306 cm³/mol. The van der Waals surface area contributed by atoms with Crippen LogP contribution in [-0.2, 0) is 71.5 Å². The number of benzene rings is 5. The van der Waals surface area contributed by atoms with Crippen molar-refractivity contribution in [2.75, 3.05) is 13.2 Å². The number of carbonyl (C=O) groups excluding carboxylic acids is 2. The molecule has 2 saturated carbocycles. The summed E-state index contributed by atoms with van der Waals surface area (Å²) in [6.45, 7) is 14.2. The van der Waals surface area contributed by atoms with Crippen molar-refractivity contribution in [3.8, 4) is 23.0 Å². The molecule has 7 aromatic rings. The van der Waals surface area contributed by atoms with Crippen molar-refractivity contribution in [1.82, 2.24) is 9.13 Å². The summed E-state index contributed by atoms with van der Waals surface area (Å²) in [7, 11) is -4.03. The maximum absolute atomic E-state index is 13.6. The van der Waals surface area contributed by atoms with Crippen LogP contribution in [0.5, 0.6) is 23.0 Å². The standard InChI is InChI=1S/C34H35F2NO7S.C27H28F2N4O4.N3.Na/c1-21-5-9-26(10-6-21)45(40,41)42-20-25(38)19-37-27-11-7-22(15-23(27)17-30(37)32(2,3)4)16-31(39)33(13-14-33)24-8-12-28-29(18-24)44-34(35,36)43-28;1-25(2,3)23-12-17-10-16(4-6-20(17)33(23)15-19(34)14-31-32-30)11-24(35)26(8-9-26)18-5-7-21-22(13-18)37-27(28,29)36-21;1-3-2;/h5-12,15,17-18,25,38H,13-14,16,19-20H2,1-4H3;4-7,10,12-13,19,34H,8-9,11,14-15H2,1-3H3;;/q;;-1;+1/t25-;19-;;/m10../s1. The van der Waals surface area contributed by atoms with Crippen LogP contribution in [0.4, 0.5) is 17.6 Å². The first-order valence-electron chi connectivity index (χ1n) is 27.3. The summed E-state index contributed by atoms with van der Waals surface area (Å²) in [4.78, 5) is 31.3. The SMILES string of the molecule is CC(C)(C)c1cc2cc(CC(=O)C3(c4ccc5c(c4)OC(F)(F)O5)CC3)ccc2n1C[C@@H](O)CN=[N+]=[N-].Cc1ccc(S(=O)(=O)OC[C@H](O)Cn2c(C(C)(C)C)cc3cc(CC(=O)C4(c5ccc6c(c5)OC(F)(F)O6)CC4)ccc32)cc1.[N-]=[N+]=[N-].[Na+]. The molecule has 2 N–H and O–H groups in total. The first kappa shape index (κ1) is 64.9. The molecule has 2 fully saturated rings. The van der Waals surface area contributed by atoms with E-state index in [9.17, 15) is 45.8 Å². The Balaban J connectivity index is 0.000000215. The van der Waals surface area contributed by atoms with Gasteiger partial charge in [0.2, 0.25) is 0 Å². The van der Waals surface area contributed by atoms with Gasteiger partial charge in [0, 0.05) is 68.3 Å². The second-order valence-corrected chi connectivity index (χ2v) is 25.6. The molecule has 25 heteroatoms. The topological polar surface area (TPSA) is 272 Å². The molecule has 0 radical (unpaired) electrons. The van der Waals surface area contributed by atoms with E-state index in [2.05, 4.69) is 55.8 Å². The van der Waals surface area contributed by atoms with Crippen LogP contribution < -0.4 is 48.5 Å². The average Bonchev–Trinajstić information content (AvgIpc) is 1.67. The fraction of sp³-hybridized carbons (Fsp3) is 0.410. The Bertz CT molecular complexity index is 3930. The van der Waals surface area contributed by atoms with Crippen LogP contribution in [0.3, 0.4) is 0 Å². The fourth-order valence-electron chi connectivity index (χ4n) is 11.0. The number of hydrogen-bond acceptors (Lipinski definition) is 12. The van der Waals surface area contributed by atoms with Crippen LogP contribution in [0.25, 0.3) is 48.2 Å². The monoisotopic (exact) mass is 1210 g/mol. The molecule has 86 heavy (non-hydrogen) atoms. The number of hydrogen-bond donors (Lipinski definition) is 2. The van der Waals surface area contributed by atoms with Crippen LogP contribution in [0.15, 0.2) is 119 Å². The average molecular weight is 1220 g/mol. The number of aromatic nitrogens is 2. The van der Waals surface area contributed by atoms with Gasteiger partial charge in [-0.3, -0.25) is 18.7 Å². The van der Waals surface area contributed by atoms with Gasteiger partial charge in [-0.1, -0.05) is 88.6 Å². The van der Waals surface area contributed by atoms with Gasteiger partial charge in [-0.05, 0) is 133 Å². The van der Waals surface area contributed by atoms with Gasteiger partial charge in [0.15, 0.2) is 23.0 Å². The molecule has 0 amide bonds. The second-order valence-electron chi connectivity index (χ2n) is 24.0. The van der Waals surface area contributed by atoms with Gasteiger partial charge < -0.3 is 49.4 Å². The molecule has 4 heterocycles. The molecule has 19 nitrogen and oxygen atoms in total. The van der Waals surface area contributed by atoms with Crippen molar-refractivity contribution in [2.45, 2.75) is 151 Å². The minimum atomic E-state index is -4.03. The van der Waals surface area contributed by atoms with Gasteiger partial charge in [0.05, 0.1) is 47.6 Å². The molecule has 0 unspecified atom stereocenters. The number of Topliss-reactive ketones (excluding diaryl/α,β-unsaturated/α-hetero) is 2. The molecule has 2 atom stereocenters. The summed E-state index contributed by atoms with van der Waals surface area (Å²) >= 11 is 0. The normalized spacial score (nSPS) is 16.9. The molecule has 2 aliphatic heterocycles. The zero-order valence-corrected chi connectivity index (χ0v) is 51.5. The van der Waals surface area contributed by atoms with Crippen LogP contribution in [-0.4, -0.2) is 77.3 Å². The minimum absolute atomic E-state index is 0. The number of alkyl halides is 4. The number of carbonyl (C=O) groups is 2. The molecule has 11 rings (SSSR count). The van der Waals surface area contributed by atoms with Gasteiger partial charge in [-0.15, -0.1) is 17.6 Å². The second kappa shape index (κ2) is 24.6. The van der Waals surface area contributed by atoms with E-state index in [1.807, 2.05) is 79.3 Å². The Labute approximate surface area is 515 Å². The Morgan fingerprint density at radius 2 is 1.03 bits per heavy atom. The quantitative estimate of drug-likeness (QED) is 0.0204. The molecule has 4 aliphatic rings. The van der Waals surface area contributed by atoms with Crippen molar-refractivity contribution < 1.29 is 98.5 Å². The number of aliphatic hydroxyl groups excluding tert-OH is 2. The first-order valence-corrected chi connectivity index (χ1v) is 28.7. The molecular weight excluding hydrogens is 1150 g/mol. The van der Waals surface area contributed by atoms with E-state index in [1.165, 1.54) is 41.3 Å². The molecule has 0 spiro atoms. The fourth-order valence-corrected chi connectivity index (χ4v) is 12.0. The number of aryl methyl sites for hydroxylation is 1. The van der Waals surface area contributed by atoms with E-state index in [0.29, 0.717) is 36.8 Å².